The quantitative estimate of drug-likeness (QED) is 0.826. The van der Waals surface area contributed by atoms with Crippen LogP contribution in [0.15, 0.2) is 12.1 Å². The lowest BCUT2D eigenvalue weighted by atomic mass is 10.3. The normalized spacial score (nSPS) is 10.6. The number of anilines is 1. The molecule has 0 bridgehead atoms. The zero-order valence-corrected chi connectivity index (χ0v) is 8.45. The minimum atomic E-state index is -2.55. The molecule has 0 aliphatic carbocycles. The van der Waals surface area contributed by atoms with Gasteiger partial charge >= 0.3 is 0 Å². The van der Waals surface area contributed by atoms with Gasteiger partial charge in [0.2, 0.25) is 0 Å². The number of ether oxygens (including phenoxy) is 1. The Morgan fingerprint density at radius 3 is 2.50 bits per heavy atom. The molecule has 0 saturated carbocycles. The third kappa shape index (κ3) is 2.89. The number of hydrogen-bond acceptors (Lipinski definition) is 2. The molecular weight excluding hydrogens is 235 g/mol. The van der Waals surface area contributed by atoms with Crippen molar-refractivity contribution in [3.05, 3.63) is 22.2 Å². The van der Waals surface area contributed by atoms with Crippen LogP contribution in [0.3, 0.4) is 0 Å². The van der Waals surface area contributed by atoms with Crippen molar-refractivity contribution in [2.24, 2.45) is 0 Å². The van der Waals surface area contributed by atoms with Crippen LogP contribution in [-0.4, -0.2) is 13.0 Å². The van der Waals surface area contributed by atoms with E-state index >= 15 is 0 Å². The van der Waals surface area contributed by atoms with Gasteiger partial charge in [-0.2, -0.15) is 0 Å². The maximum Gasteiger partial charge on any atom is 0.272 e. The fraction of sp³-hybridized carbons (Fsp3) is 0.250. The predicted molar refractivity (Wildman–Crippen MR) is 52.4 cm³/mol. The van der Waals surface area contributed by atoms with Gasteiger partial charge in [-0.25, -0.2) is 8.78 Å². The maximum absolute atomic E-state index is 11.8. The largest absolute Gasteiger partial charge is 0.486 e. The van der Waals surface area contributed by atoms with E-state index in [1.807, 2.05) is 0 Å². The number of alkyl halides is 2. The summed E-state index contributed by atoms with van der Waals surface area (Å²) in [5, 5.41) is 0.421. The molecule has 0 aliphatic heterocycles. The molecule has 0 amide bonds. The van der Waals surface area contributed by atoms with Crippen molar-refractivity contribution in [1.29, 1.82) is 0 Å². The van der Waals surface area contributed by atoms with E-state index < -0.39 is 13.0 Å². The number of nitrogens with two attached hydrogens (primary N) is 1. The number of halogens is 4. The summed E-state index contributed by atoms with van der Waals surface area (Å²) in [7, 11) is 0. The van der Waals surface area contributed by atoms with Gasteiger partial charge in [-0.05, 0) is 6.07 Å². The molecule has 78 valence electrons. The van der Waals surface area contributed by atoms with Gasteiger partial charge in [-0.1, -0.05) is 23.2 Å². The third-order valence-electron chi connectivity index (χ3n) is 1.42. The van der Waals surface area contributed by atoms with Crippen LogP contribution >= 0.6 is 23.2 Å². The predicted octanol–water partition coefficient (Wildman–Crippen LogP) is 3.22. The first-order valence-electron chi connectivity index (χ1n) is 3.66. The van der Waals surface area contributed by atoms with E-state index in [1.54, 1.807) is 0 Å². The molecule has 0 fully saturated rings. The smallest absolute Gasteiger partial charge is 0.272 e. The second-order valence-corrected chi connectivity index (χ2v) is 3.32. The minimum absolute atomic E-state index is 0.105. The maximum atomic E-state index is 11.8. The molecule has 0 aromatic heterocycles. The van der Waals surface area contributed by atoms with Crippen molar-refractivity contribution >= 4 is 28.9 Å². The first-order chi connectivity index (χ1) is 6.50. The van der Waals surface area contributed by atoms with E-state index in [4.69, 9.17) is 33.7 Å². The van der Waals surface area contributed by atoms with Crippen LogP contribution < -0.4 is 10.5 Å². The van der Waals surface area contributed by atoms with Crippen LogP contribution in [0.5, 0.6) is 5.75 Å². The first kappa shape index (κ1) is 11.3. The summed E-state index contributed by atoms with van der Waals surface area (Å²) in [6, 6.07) is 2.66. The number of rotatable bonds is 3. The first-order valence-corrected chi connectivity index (χ1v) is 4.41. The van der Waals surface area contributed by atoms with Crippen LogP contribution in [0.25, 0.3) is 0 Å². The molecule has 0 heterocycles. The van der Waals surface area contributed by atoms with Gasteiger partial charge in [0, 0.05) is 6.07 Å². The molecule has 1 rings (SSSR count). The fourth-order valence-electron chi connectivity index (χ4n) is 0.808. The standard InChI is InChI=1S/C8H7Cl2F2NO/c9-4-1-5(10)7(2-6(4)13)14-3-8(11)12/h1-2,8H,3,13H2. The van der Waals surface area contributed by atoms with Crippen LogP contribution in [0.4, 0.5) is 14.5 Å². The molecule has 1 aromatic carbocycles. The summed E-state index contributed by atoms with van der Waals surface area (Å²) in [6.07, 6.45) is -2.55. The Morgan fingerprint density at radius 2 is 1.93 bits per heavy atom. The van der Waals surface area contributed by atoms with E-state index in [2.05, 4.69) is 0 Å². The highest BCUT2D eigenvalue weighted by Gasteiger charge is 2.09. The Labute approximate surface area is 89.6 Å². The Hall–Kier alpha value is -0.740. The molecule has 2 nitrogen and oxygen atoms in total. The van der Waals surface area contributed by atoms with Gasteiger partial charge < -0.3 is 10.5 Å². The molecule has 14 heavy (non-hydrogen) atoms. The van der Waals surface area contributed by atoms with Crippen molar-refractivity contribution in [2.75, 3.05) is 12.3 Å². The van der Waals surface area contributed by atoms with Gasteiger partial charge in [-0.15, -0.1) is 0 Å². The SMILES string of the molecule is Nc1cc(OCC(F)F)c(Cl)cc1Cl. The lowest BCUT2D eigenvalue weighted by Gasteiger charge is -2.08. The van der Waals surface area contributed by atoms with Crippen molar-refractivity contribution < 1.29 is 13.5 Å². The van der Waals surface area contributed by atoms with E-state index in [0.29, 0.717) is 0 Å². The summed E-state index contributed by atoms with van der Waals surface area (Å²) in [4.78, 5) is 0. The highest BCUT2D eigenvalue weighted by molar-refractivity contribution is 6.37. The van der Waals surface area contributed by atoms with E-state index in [1.165, 1.54) is 12.1 Å². The summed E-state index contributed by atoms with van der Waals surface area (Å²) in [6.45, 7) is -0.721. The van der Waals surface area contributed by atoms with Gasteiger partial charge in [0.15, 0.2) is 0 Å². The Kier molecular flexibility index (Phi) is 3.77. The summed E-state index contributed by atoms with van der Waals surface area (Å²) >= 11 is 11.3. The number of hydrogen-bond donors (Lipinski definition) is 1. The topological polar surface area (TPSA) is 35.2 Å². The van der Waals surface area contributed by atoms with Gasteiger partial charge in [-0.3, -0.25) is 0 Å². The average molecular weight is 242 g/mol. The Morgan fingerprint density at radius 1 is 1.29 bits per heavy atom. The van der Waals surface area contributed by atoms with Crippen LogP contribution in [0, 0.1) is 0 Å². The Balaban J connectivity index is 2.82. The van der Waals surface area contributed by atoms with Crippen LogP contribution in [0.1, 0.15) is 0 Å². The van der Waals surface area contributed by atoms with E-state index in [-0.39, 0.29) is 21.5 Å². The molecule has 6 heteroatoms. The second kappa shape index (κ2) is 4.66. The minimum Gasteiger partial charge on any atom is -0.486 e. The van der Waals surface area contributed by atoms with Crippen molar-refractivity contribution in [3.63, 3.8) is 0 Å². The summed E-state index contributed by atoms with van der Waals surface area (Å²) < 4.78 is 28.3. The Bertz CT molecular complexity index is 333. The monoisotopic (exact) mass is 241 g/mol. The highest BCUT2D eigenvalue weighted by atomic mass is 35.5. The van der Waals surface area contributed by atoms with Gasteiger partial charge in [0.05, 0.1) is 15.7 Å². The highest BCUT2D eigenvalue weighted by Crippen LogP contribution is 2.32. The average Bonchev–Trinajstić information content (AvgIpc) is 2.09. The molecule has 0 unspecified atom stereocenters. The van der Waals surface area contributed by atoms with Crippen LogP contribution in [0.2, 0.25) is 10.0 Å². The summed E-state index contributed by atoms with van der Waals surface area (Å²) in [5.74, 6) is 0.105. The number of benzene rings is 1. The lowest BCUT2D eigenvalue weighted by Crippen LogP contribution is -2.07. The molecule has 1 aromatic rings. The van der Waals surface area contributed by atoms with E-state index in [9.17, 15) is 8.78 Å². The molecule has 0 aliphatic rings. The van der Waals surface area contributed by atoms with Crippen molar-refractivity contribution in [2.45, 2.75) is 6.43 Å². The summed E-state index contributed by atoms with van der Waals surface area (Å²) in [5.41, 5.74) is 5.67. The number of nitrogen functional groups attached to an aromatic ring is 1. The molecule has 2 N–H and O–H groups in total. The molecule has 0 atom stereocenters. The van der Waals surface area contributed by atoms with Crippen LogP contribution in [-0.2, 0) is 0 Å². The third-order valence-corrected chi connectivity index (χ3v) is 2.04. The zero-order valence-electron chi connectivity index (χ0n) is 6.94. The zero-order chi connectivity index (χ0) is 10.7. The fourth-order valence-corrected chi connectivity index (χ4v) is 1.25. The lowest BCUT2D eigenvalue weighted by molar-refractivity contribution is 0.0820. The van der Waals surface area contributed by atoms with E-state index in [0.717, 1.165) is 0 Å². The molecule has 0 saturated heterocycles. The second-order valence-electron chi connectivity index (χ2n) is 2.51. The molecular formula is C8H7Cl2F2NO. The van der Waals surface area contributed by atoms with Crippen molar-refractivity contribution in [3.8, 4) is 5.75 Å². The van der Waals surface area contributed by atoms with Gasteiger partial charge in [0.25, 0.3) is 6.43 Å². The van der Waals surface area contributed by atoms with Crippen molar-refractivity contribution in [1.82, 2.24) is 0 Å². The molecule has 0 spiro atoms. The molecule has 0 radical (unpaired) electrons. The van der Waals surface area contributed by atoms with Gasteiger partial charge in [0.1, 0.15) is 12.4 Å².